The van der Waals surface area contributed by atoms with Crippen molar-refractivity contribution in [2.45, 2.75) is 37.5 Å². The number of anilines is 1. The van der Waals surface area contributed by atoms with Gasteiger partial charge in [-0.2, -0.15) is 13.2 Å². The quantitative estimate of drug-likeness (QED) is 0.301. The van der Waals surface area contributed by atoms with Crippen molar-refractivity contribution in [1.29, 1.82) is 0 Å². The van der Waals surface area contributed by atoms with Crippen LogP contribution in [-0.4, -0.2) is 36.7 Å². The number of benzene rings is 3. The highest BCUT2D eigenvalue weighted by molar-refractivity contribution is 6.30. The van der Waals surface area contributed by atoms with E-state index in [1.807, 2.05) is 0 Å². The van der Waals surface area contributed by atoms with Gasteiger partial charge in [0, 0.05) is 29.7 Å². The third kappa shape index (κ3) is 7.63. The van der Waals surface area contributed by atoms with E-state index >= 15 is 0 Å². The van der Waals surface area contributed by atoms with E-state index in [1.54, 1.807) is 30.3 Å². The van der Waals surface area contributed by atoms with Crippen LogP contribution in [0.15, 0.2) is 66.7 Å². The average Bonchev–Trinajstić information content (AvgIpc) is 3.31. The first-order chi connectivity index (χ1) is 19.4. The molecule has 0 aromatic heterocycles. The molecule has 3 aromatic carbocycles. The van der Waals surface area contributed by atoms with Gasteiger partial charge >= 0.3 is 6.18 Å². The first-order valence-electron chi connectivity index (χ1n) is 12.6. The fourth-order valence-electron chi connectivity index (χ4n) is 4.47. The second-order valence-corrected chi connectivity index (χ2v) is 9.95. The van der Waals surface area contributed by atoms with Gasteiger partial charge in [0.15, 0.2) is 0 Å². The number of amides is 4. The van der Waals surface area contributed by atoms with Gasteiger partial charge in [0.05, 0.1) is 24.4 Å². The molecule has 1 heterocycles. The Bertz CT molecular complexity index is 1480. The van der Waals surface area contributed by atoms with Crippen LogP contribution in [0.4, 0.5) is 18.9 Å². The summed E-state index contributed by atoms with van der Waals surface area (Å²) in [5.74, 6) is -2.01. The number of carbonyl (C=O) groups excluding carboxylic acids is 4. The van der Waals surface area contributed by atoms with Crippen molar-refractivity contribution in [3.8, 4) is 0 Å². The van der Waals surface area contributed by atoms with Crippen molar-refractivity contribution in [1.82, 2.24) is 16.0 Å². The Labute approximate surface area is 238 Å². The summed E-state index contributed by atoms with van der Waals surface area (Å²) < 4.78 is 40.4. The number of hydrogen-bond donors (Lipinski definition) is 4. The SMILES string of the molecule is CNC(=O)[C@H](Cc1ccc(Cl)cc1)NC(=O)CC(NC(=O)c1ccc2c(c1)CC(=O)N2)c1cccc(C(F)(F)F)c1. The molecule has 3 aromatic rings. The van der Waals surface area contributed by atoms with Crippen LogP contribution >= 0.6 is 11.6 Å². The molecule has 0 saturated carbocycles. The molecule has 214 valence electrons. The Hall–Kier alpha value is -4.38. The third-order valence-corrected chi connectivity index (χ3v) is 6.81. The van der Waals surface area contributed by atoms with E-state index in [9.17, 15) is 32.3 Å². The van der Waals surface area contributed by atoms with E-state index < -0.39 is 48.0 Å². The minimum Gasteiger partial charge on any atom is -0.357 e. The molecule has 12 heteroatoms. The minimum absolute atomic E-state index is 0.0514. The summed E-state index contributed by atoms with van der Waals surface area (Å²) in [6.07, 6.45) is -4.88. The second-order valence-electron chi connectivity index (χ2n) is 9.52. The van der Waals surface area contributed by atoms with Gasteiger partial charge in [-0.3, -0.25) is 19.2 Å². The van der Waals surface area contributed by atoms with Crippen molar-refractivity contribution in [2.24, 2.45) is 0 Å². The van der Waals surface area contributed by atoms with Crippen LogP contribution in [0.3, 0.4) is 0 Å². The molecular formula is C29H26ClF3N4O4. The Morgan fingerprint density at radius 1 is 1.00 bits per heavy atom. The standard InChI is InChI=1S/C29H26ClF3N4O4/c1-34-28(41)24(11-16-5-8-21(30)9-6-16)36-26(39)15-23(17-3-2-4-20(13-17)29(31,32)33)37-27(40)18-7-10-22-19(12-18)14-25(38)35-22/h2-10,12-13,23-24H,11,14-15H2,1H3,(H,34,41)(H,35,38)(H,36,39)(H,37,40)/t23?,24-/m0/s1. The number of carbonyl (C=O) groups is 4. The van der Waals surface area contributed by atoms with Gasteiger partial charge in [0.1, 0.15) is 6.04 Å². The summed E-state index contributed by atoms with van der Waals surface area (Å²) in [5.41, 5.74) is 1.17. The number of alkyl halides is 3. The maximum absolute atomic E-state index is 13.5. The van der Waals surface area contributed by atoms with E-state index in [0.717, 1.165) is 17.7 Å². The van der Waals surface area contributed by atoms with Crippen LogP contribution in [0.5, 0.6) is 0 Å². The number of rotatable bonds is 9. The van der Waals surface area contributed by atoms with Crippen LogP contribution in [0, 0.1) is 0 Å². The van der Waals surface area contributed by atoms with Crippen LogP contribution in [0.25, 0.3) is 0 Å². The smallest absolute Gasteiger partial charge is 0.357 e. The predicted octanol–water partition coefficient (Wildman–Crippen LogP) is 4.19. The summed E-state index contributed by atoms with van der Waals surface area (Å²) in [6, 6.07) is 13.4. The maximum atomic E-state index is 13.5. The zero-order chi connectivity index (χ0) is 29.7. The number of hydrogen-bond acceptors (Lipinski definition) is 4. The van der Waals surface area contributed by atoms with Crippen molar-refractivity contribution in [3.05, 3.63) is 99.6 Å². The fraction of sp³-hybridized carbons (Fsp3) is 0.241. The molecule has 2 atom stereocenters. The van der Waals surface area contributed by atoms with Crippen LogP contribution in [0.2, 0.25) is 5.02 Å². The number of fused-ring (bicyclic) bond motifs is 1. The van der Waals surface area contributed by atoms with E-state index in [2.05, 4.69) is 21.3 Å². The second kappa shape index (κ2) is 12.4. The normalized spacial score (nSPS) is 13.9. The molecule has 0 spiro atoms. The van der Waals surface area contributed by atoms with E-state index in [4.69, 9.17) is 11.6 Å². The van der Waals surface area contributed by atoms with E-state index in [0.29, 0.717) is 16.3 Å². The summed E-state index contributed by atoms with van der Waals surface area (Å²) in [6.45, 7) is 0. The molecule has 0 fully saturated rings. The lowest BCUT2D eigenvalue weighted by Crippen LogP contribution is -2.48. The highest BCUT2D eigenvalue weighted by Crippen LogP contribution is 2.32. The molecule has 4 amide bonds. The molecule has 1 aliphatic heterocycles. The first kappa shape index (κ1) is 29.6. The van der Waals surface area contributed by atoms with Crippen molar-refractivity contribution < 1.29 is 32.3 Å². The molecule has 1 unspecified atom stereocenters. The zero-order valence-corrected chi connectivity index (χ0v) is 22.5. The fourth-order valence-corrected chi connectivity index (χ4v) is 4.60. The molecule has 0 bridgehead atoms. The van der Waals surface area contributed by atoms with Gasteiger partial charge < -0.3 is 21.3 Å². The summed E-state index contributed by atoms with van der Waals surface area (Å²) >= 11 is 5.92. The molecule has 1 aliphatic rings. The largest absolute Gasteiger partial charge is 0.416 e. The number of halogens is 4. The van der Waals surface area contributed by atoms with Gasteiger partial charge in [-0.1, -0.05) is 35.9 Å². The van der Waals surface area contributed by atoms with Gasteiger partial charge in [0.25, 0.3) is 5.91 Å². The highest BCUT2D eigenvalue weighted by atomic mass is 35.5. The van der Waals surface area contributed by atoms with Crippen LogP contribution in [0.1, 0.15) is 45.1 Å². The molecule has 41 heavy (non-hydrogen) atoms. The Kier molecular flexibility index (Phi) is 8.97. The molecule has 8 nitrogen and oxygen atoms in total. The van der Waals surface area contributed by atoms with Crippen LogP contribution in [-0.2, 0) is 33.4 Å². The summed E-state index contributed by atoms with van der Waals surface area (Å²) in [4.78, 5) is 50.5. The van der Waals surface area contributed by atoms with Gasteiger partial charge in [0.2, 0.25) is 17.7 Å². The molecular weight excluding hydrogens is 561 g/mol. The Morgan fingerprint density at radius 2 is 1.73 bits per heavy atom. The Morgan fingerprint density at radius 3 is 2.41 bits per heavy atom. The zero-order valence-electron chi connectivity index (χ0n) is 21.8. The van der Waals surface area contributed by atoms with Gasteiger partial charge in [-0.15, -0.1) is 0 Å². The van der Waals surface area contributed by atoms with Crippen molar-refractivity contribution in [2.75, 3.05) is 12.4 Å². The summed E-state index contributed by atoms with van der Waals surface area (Å²) in [7, 11) is 1.41. The monoisotopic (exact) mass is 586 g/mol. The summed E-state index contributed by atoms with van der Waals surface area (Å²) in [5, 5.41) is 10.9. The Balaban J connectivity index is 1.57. The van der Waals surface area contributed by atoms with Gasteiger partial charge in [-0.05, 0) is 59.2 Å². The van der Waals surface area contributed by atoms with E-state index in [1.165, 1.54) is 31.3 Å². The highest BCUT2D eigenvalue weighted by Gasteiger charge is 2.32. The minimum atomic E-state index is -4.64. The molecule has 0 saturated heterocycles. The molecule has 4 rings (SSSR count). The molecule has 4 N–H and O–H groups in total. The average molecular weight is 587 g/mol. The number of likely N-dealkylation sites (N-methyl/N-ethyl adjacent to an activating group) is 1. The third-order valence-electron chi connectivity index (χ3n) is 6.55. The lowest BCUT2D eigenvalue weighted by atomic mass is 9.99. The maximum Gasteiger partial charge on any atom is 0.416 e. The van der Waals surface area contributed by atoms with E-state index in [-0.39, 0.29) is 29.9 Å². The lowest BCUT2D eigenvalue weighted by molar-refractivity contribution is -0.137. The topological polar surface area (TPSA) is 116 Å². The first-order valence-corrected chi connectivity index (χ1v) is 13.0. The predicted molar refractivity (Wildman–Crippen MR) is 146 cm³/mol. The van der Waals surface area contributed by atoms with Crippen molar-refractivity contribution >= 4 is 40.9 Å². The van der Waals surface area contributed by atoms with Gasteiger partial charge in [-0.25, -0.2) is 0 Å². The molecule has 0 aliphatic carbocycles. The molecule has 0 radical (unpaired) electrons. The van der Waals surface area contributed by atoms with Crippen LogP contribution < -0.4 is 21.3 Å². The lowest BCUT2D eigenvalue weighted by Gasteiger charge is -2.23. The number of nitrogens with one attached hydrogen (secondary N) is 4. The van der Waals surface area contributed by atoms with Crippen molar-refractivity contribution in [3.63, 3.8) is 0 Å².